The summed E-state index contributed by atoms with van der Waals surface area (Å²) in [5.74, 6) is 0. The quantitative estimate of drug-likeness (QED) is 0.875. The third-order valence-corrected chi connectivity index (χ3v) is 3.56. The van der Waals surface area contributed by atoms with Crippen molar-refractivity contribution < 1.29 is 0 Å². The van der Waals surface area contributed by atoms with Gasteiger partial charge in [0.2, 0.25) is 0 Å². The van der Waals surface area contributed by atoms with Crippen LogP contribution < -0.4 is 10.2 Å². The van der Waals surface area contributed by atoms with E-state index < -0.39 is 0 Å². The fourth-order valence-electron chi connectivity index (χ4n) is 2.55. The standard InChI is InChI=1S/C16H24N2/c1-4-17-13(2)7-8-14-9-10-16-15(12-14)6-5-11-18(16)3/h7-10,12-13,17H,4-6,11H2,1-3H3/b8-7+. The maximum atomic E-state index is 3.39. The summed E-state index contributed by atoms with van der Waals surface area (Å²) in [4.78, 5) is 2.35. The summed E-state index contributed by atoms with van der Waals surface area (Å²) in [6.45, 7) is 6.52. The number of nitrogens with zero attached hydrogens (tertiary/aromatic N) is 1. The third-order valence-electron chi connectivity index (χ3n) is 3.56. The Hall–Kier alpha value is -1.28. The van der Waals surface area contributed by atoms with Crippen molar-refractivity contribution in [2.24, 2.45) is 0 Å². The molecule has 1 heterocycles. The predicted molar refractivity (Wildman–Crippen MR) is 80.2 cm³/mol. The number of hydrogen-bond acceptors (Lipinski definition) is 2. The highest BCUT2D eigenvalue weighted by atomic mass is 15.1. The topological polar surface area (TPSA) is 15.3 Å². The van der Waals surface area contributed by atoms with Crippen molar-refractivity contribution in [1.82, 2.24) is 5.32 Å². The Morgan fingerprint density at radius 3 is 3.06 bits per heavy atom. The molecule has 1 unspecified atom stereocenters. The van der Waals surface area contributed by atoms with Gasteiger partial charge in [-0.3, -0.25) is 0 Å². The Kier molecular flexibility index (Phi) is 4.43. The summed E-state index contributed by atoms with van der Waals surface area (Å²) in [6.07, 6.45) is 6.94. The zero-order chi connectivity index (χ0) is 13.0. The second-order valence-corrected chi connectivity index (χ2v) is 5.12. The smallest absolute Gasteiger partial charge is 0.0396 e. The molecule has 0 saturated carbocycles. The van der Waals surface area contributed by atoms with Gasteiger partial charge in [0.25, 0.3) is 0 Å². The molecule has 1 aliphatic rings. The normalized spacial score (nSPS) is 16.9. The van der Waals surface area contributed by atoms with Crippen molar-refractivity contribution in [3.63, 3.8) is 0 Å². The minimum atomic E-state index is 0.439. The molecule has 0 saturated heterocycles. The molecule has 0 aliphatic carbocycles. The molecule has 0 spiro atoms. The van der Waals surface area contributed by atoms with E-state index in [1.165, 1.54) is 36.2 Å². The van der Waals surface area contributed by atoms with Crippen LogP contribution in [0.1, 0.15) is 31.4 Å². The average Bonchev–Trinajstić information content (AvgIpc) is 2.37. The largest absolute Gasteiger partial charge is 0.374 e. The van der Waals surface area contributed by atoms with E-state index in [-0.39, 0.29) is 0 Å². The Bertz CT molecular complexity index is 423. The maximum absolute atomic E-state index is 3.39. The SMILES string of the molecule is CCNC(C)/C=C/c1ccc2c(c1)CCCN2C. The van der Waals surface area contributed by atoms with Gasteiger partial charge in [0.1, 0.15) is 0 Å². The van der Waals surface area contributed by atoms with Gasteiger partial charge in [0.15, 0.2) is 0 Å². The predicted octanol–water partition coefficient (Wildman–Crippen LogP) is 3.08. The molecule has 0 aromatic heterocycles. The van der Waals surface area contributed by atoms with Gasteiger partial charge in [-0.15, -0.1) is 0 Å². The van der Waals surface area contributed by atoms with Crippen LogP contribution in [0, 0.1) is 0 Å². The Morgan fingerprint density at radius 1 is 1.44 bits per heavy atom. The van der Waals surface area contributed by atoms with Gasteiger partial charge in [-0.05, 0) is 49.6 Å². The van der Waals surface area contributed by atoms with Gasteiger partial charge in [-0.25, -0.2) is 0 Å². The number of fused-ring (bicyclic) bond motifs is 1. The lowest BCUT2D eigenvalue weighted by molar-refractivity contribution is 0.663. The van der Waals surface area contributed by atoms with Crippen molar-refractivity contribution in [2.75, 3.05) is 25.0 Å². The molecule has 18 heavy (non-hydrogen) atoms. The summed E-state index contributed by atoms with van der Waals surface area (Å²) < 4.78 is 0. The molecule has 2 nitrogen and oxygen atoms in total. The zero-order valence-electron chi connectivity index (χ0n) is 11.7. The van der Waals surface area contributed by atoms with Crippen LogP contribution in [0.3, 0.4) is 0 Å². The van der Waals surface area contributed by atoms with E-state index in [9.17, 15) is 0 Å². The number of nitrogens with one attached hydrogen (secondary N) is 1. The first-order valence-corrected chi connectivity index (χ1v) is 6.96. The number of anilines is 1. The maximum Gasteiger partial charge on any atom is 0.0396 e. The number of benzene rings is 1. The van der Waals surface area contributed by atoms with Crippen molar-refractivity contribution in [2.45, 2.75) is 32.7 Å². The Labute approximate surface area is 111 Å². The summed E-state index contributed by atoms with van der Waals surface area (Å²) in [6, 6.07) is 7.25. The first kappa shape index (κ1) is 13.2. The van der Waals surface area contributed by atoms with Crippen molar-refractivity contribution in [3.05, 3.63) is 35.4 Å². The van der Waals surface area contributed by atoms with Crippen LogP contribution in [0.5, 0.6) is 0 Å². The molecule has 2 heteroatoms. The summed E-state index contributed by atoms with van der Waals surface area (Å²) >= 11 is 0. The van der Waals surface area contributed by atoms with Crippen molar-refractivity contribution in [3.8, 4) is 0 Å². The second-order valence-electron chi connectivity index (χ2n) is 5.12. The molecule has 2 rings (SSSR count). The third kappa shape index (κ3) is 3.14. The van der Waals surface area contributed by atoms with Crippen LogP contribution >= 0.6 is 0 Å². The van der Waals surface area contributed by atoms with Crippen LogP contribution in [-0.2, 0) is 6.42 Å². The number of aryl methyl sites for hydroxylation is 1. The Morgan fingerprint density at radius 2 is 2.28 bits per heavy atom. The summed E-state index contributed by atoms with van der Waals surface area (Å²) in [5, 5.41) is 3.39. The van der Waals surface area contributed by atoms with Gasteiger partial charge in [-0.2, -0.15) is 0 Å². The lowest BCUT2D eigenvalue weighted by Gasteiger charge is -2.27. The van der Waals surface area contributed by atoms with Crippen LogP contribution in [0.4, 0.5) is 5.69 Å². The molecular weight excluding hydrogens is 220 g/mol. The van der Waals surface area contributed by atoms with Gasteiger partial charge >= 0.3 is 0 Å². The molecule has 0 amide bonds. The first-order chi connectivity index (χ1) is 8.70. The molecule has 0 radical (unpaired) electrons. The monoisotopic (exact) mass is 244 g/mol. The lowest BCUT2D eigenvalue weighted by Crippen LogP contribution is -2.24. The molecular formula is C16H24N2. The van der Waals surface area contributed by atoms with E-state index >= 15 is 0 Å². The minimum absolute atomic E-state index is 0.439. The van der Waals surface area contributed by atoms with E-state index in [1.807, 2.05) is 0 Å². The van der Waals surface area contributed by atoms with Crippen LogP contribution in [0.15, 0.2) is 24.3 Å². The number of rotatable bonds is 4. The summed E-state index contributed by atoms with van der Waals surface area (Å²) in [7, 11) is 2.18. The van der Waals surface area contributed by atoms with Gasteiger partial charge < -0.3 is 10.2 Å². The van der Waals surface area contributed by atoms with Crippen LogP contribution in [-0.4, -0.2) is 26.2 Å². The van der Waals surface area contributed by atoms with Gasteiger partial charge in [0.05, 0.1) is 0 Å². The van der Waals surface area contributed by atoms with E-state index in [1.54, 1.807) is 0 Å². The van der Waals surface area contributed by atoms with E-state index in [0.717, 1.165) is 6.54 Å². The highest BCUT2D eigenvalue weighted by molar-refractivity contribution is 5.61. The average molecular weight is 244 g/mol. The number of likely N-dealkylation sites (N-methyl/N-ethyl adjacent to an activating group) is 1. The fourth-order valence-corrected chi connectivity index (χ4v) is 2.55. The van der Waals surface area contributed by atoms with E-state index in [2.05, 4.69) is 61.5 Å². The van der Waals surface area contributed by atoms with Gasteiger partial charge in [0, 0.05) is 25.3 Å². The molecule has 0 bridgehead atoms. The molecule has 1 aliphatic heterocycles. The van der Waals surface area contributed by atoms with Crippen molar-refractivity contribution >= 4 is 11.8 Å². The molecule has 98 valence electrons. The first-order valence-electron chi connectivity index (χ1n) is 6.96. The van der Waals surface area contributed by atoms with Gasteiger partial charge in [-0.1, -0.05) is 25.1 Å². The van der Waals surface area contributed by atoms with Crippen LogP contribution in [0.2, 0.25) is 0 Å². The fraction of sp³-hybridized carbons (Fsp3) is 0.500. The molecule has 1 aromatic carbocycles. The minimum Gasteiger partial charge on any atom is -0.374 e. The van der Waals surface area contributed by atoms with E-state index in [0.29, 0.717) is 6.04 Å². The highest BCUT2D eigenvalue weighted by Crippen LogP contribution is 2.27. The second kappa shape index (κ2) is 6.05. The molecule has 1 aromatic rings. The lowest BCUT2D eigenvalue weighted by atomic mass is 9.99. The molecule has 1 atom stereocenters. The highest BCUT2D eigenvalue weighted by Gasteiger charge is 2.12. The molecule has 0 fully saturated rings. The van der Waals surface area contributed by atoms with Crippen LogP contribution in [0.25, 0.3) is 6.08 Å². The van der Waals surface area contributed by atoms with Crippen molar-refractivity contribution in [1.29, 1.82) is 0 Å². The zero-order valence-corrected chi connectivity index (χ0v) is 11.7. The summed E-state index contributed by atoms with van der Waals surface area (Å²) in [5.41, 5.74) is 4.20. The number of hydrogen-bond donors (Lipinski definition) is 1. The molecule has 1 N–H and O–H groups in total. The van der Waals surface area contributed by atoms with E-state index in [4.69, 9.17) is 0 Å². The Balaban J connectivity index is 2.11.